The maximum absolute atomic E-state index is 13.0. The molecule has 2 aliphatic rings. The normalized spacial score (nSPS) is 21.0. The van der Waals surface area contributed by atoms with Gasteiger partial charge in [0.05, 0.1) is 0 Å². The summed E-state index contributed by atoms with van der Waals surface area (Å²) in [5, 5.41) is 0. The van der Waals surface area contributed by atoms with Crippen molar-refractivity contribution in [3.63, 3.8) is 0 Å². The Balaban J connectivity index is 1.47. The quantitative estimate of drug-likeness (QED) is 0.829. The zero-order chi connectivity index (χ0) is 16.4. The van der Waals surface area contributed by atoms with Crippen LogP contribution >= 0.6 is 0 Å². The number of hydrogen-bond donors (Lipinski definition) is 0. The third-order valence-electron chi connectivity index (χ3n) is 5.24. The van der Waals surface area contributed by atoms with E-state index in [0.29, 0.717) is 17.7 Å². The summed E-state index contributed by atoms with van der Waals surface area (Å²) in [6.07, 6.45) is 9.09. The second kappa shape index (κ2) is 6.80. The van der Waals surface area contributed by atoms with Crippen molar-refractivity contribution in [3.05, 3.63) is 53.7 Å². The fourth-order valence-corrected chi connectivity index (χ4v) is 3.73. The third-order valence-corrected chi connectivity index (χ3v) is 5.24. The van der Waals surface area contributed by atoms with Crippen molar-refractivity contribution < 1.29 is 9.21 Å². The molecule has 1 aliphatic carbocycles. The van der Waals surface area contributed by atoms with Crippen LogP contribution in [0.15, 0.2) is 41.1 Å². The number of nitrogens with zero attached hydrogens (tertiary/aromatic N) is 2. The van der Waals surface area contributed by atoms with Crippen LogP contribution in [0.25, 0.3) is 0 Å². The predicted octanol–water partition coefficient (Wildman–Crippen LogP) is 4.18. The molecule has 4 nitrogen and oxygen atoms in total. The summed E-state index contributed by atoms with van der Waals surface area (Å²) in [4.78, 5) is 19.3. The van der Waals surface area contributed by atoms with Crippen molar-refractivity contribution in [1.82, 2.24) is 9.88 Å². The molecule has 126 valence electrons. The fourth-order valence-electron chi connectivity index (χ4n) is 3.73. The minimum Gasteiger partial charge on any atom is -0.447 e. The highest BCUT2D eigenvalue weighted by molar-refractivity contribution is 5.93. The van der Waals surface area contributed by atoms with E-state index in [0.717, 1.165) is 50.8 Å². The highest BCUT2D eigenvalue weighted by Gasteiger charge is 2.36. The average molecular weight is 324 g/mol. The fraction of sp³-hybridized carbons (Fsp3) is 0.500. The Bertz CT molecular complexity index is 691. The zero-order valence-corrected chi connectivity index (χ0v) is 14.0. The van der Waals surface area contributed by atoms with Gasteiger partial charge in [-0.05, 0) is 50.5 Å². The summed E-state index contributed by atoms with van der Waals surface area (Å²) in [6.45, 7) is 0.843. The first-order valence-electron chi connectivity index (χ1n) is 9.11. The second-order valence-corrected chi connectivity index (χ2v) is 7.01. The van der Waals surface area contributed by atoms with Gasteiger partial charge < -0.3 is 9.32 Å². The SMILES string of the molecule is O=C(c1ncoc1C1CC1)N1CCCCC1CCc1ccccc1. The van der Waals surface area contributed by atoms with Crippen LogP contribution in [0.1, 0.15) is 66.3 Å². The second-order valence-electron chi connectivity index (χ2n) is 7.01. The molecule has 24 heavy (non-hydrogen) atoms. The molecule has 1 amide bonds. The molecule has 0 bridgehead atoms. The predicted molar refractivity (Wildman–Crippen MR) is 91.9 cm³/mol. The van der Waals surface area contributed by atoms with E-state index < -0.39 is 0 Å². The van der Waals surface area contributed by atoms with Gasteiger partial charge in [-0.1, -0.05) is 30.3 Å². The van der Waals surface area contributed by atoms with Crippen LogP contribution in [-0.4, -0.2) is 28.4 Å². The number of oxazole rings is 1. The van der Waals surface area contributed by atoms with E-state index in [2.05, 4.69) is 34.1 Å². The van der Waals surface area contributed by atoms with Gasteiger partial charge in [-0.2, -0.15) is 0 Å². The smallest absolute Gasteiger partial charge is 0.276 e. The Morgan fingerprint density at radius 3 is 2.79 bits per heavy atom. The van der Waals surface area contributed by atoms with Crippen molar-refractivity contribution in [2.45, 2.75) is 56.9 Å². The molecule has 0 radical (unpaired) electrons. The van der Waals surface area contributed by atoms with E-state index in [1.807, 2.05) is 6.07 Å². The van der Waals surface area contributed by atoms with Crippen LogP contribution in [0.2, 0.25) is 0 Å². The Morgan fingerprint density at radius 1 is 1.17 bits per heavy atom. The zero-order valence-electron chi connectivity index (χ0n) is 14.0. The lowest BCUT2D eigenvalue weighted by molar-refractivity contribution is 0.0594. The topological polar surface area (TPSA) is 46.3 Å². The van der Waals surface area contributed by atoms with Crippen LogP contribution in [0, 0.1) is 0 Å². The van der Waals surface area contributed by atoms with Gasteiger partial charge in [0.15, 0.2) is 12.1 Å². The lowest BCUT2D eigenvalue weighted by Crippen LogP contribution is -2.44. The Morgan fingerprint density at radius 2 is 2.00 bits per heavy atom. The van der Waals surface area contributed by atoms with Gasteiger partial charge in [0, 0.05) is 18.5 Å². The molecular formula is C20H24N2O2. The van der Waals surface area contributed by atoms with Crippen LogP contribution in [0.4, 0.5) is 0 Å². The van der Waals surface area contributed by atoms with E-state index in [-0.39, 0.29) is 5.91 Å². The molecule has 4 heteroatoms. The maximum Gasteiger partial charge on any atom is 0.276 e. The first kappa shape index (κ1) is 15.4. The standard InChI is InChI=1S/C20H24N2O2/c23-20(18-19(16-10-11-16)24-14-21-18)22-13-5-4-8-17(22)12-9-15-6-2-1-3-7-15/h1-3,6-7,14,16-17H,4-5,8-13H2. The van der Waals surface area contributed by atoms with Gasteiger partial charge in [0.25, 0.3) is 5.91 Å². The lowest BCUT2D eigenvalue weighted by atomic mass is 9.95. The van der Waals surface area contributed by atoms with E-state index in [9.17, 15) is 4.79 Å². The van der Waals surface area contributed by atoms with E-state index in [1.54, 1.807) is 0 Å². The molecule has 2 heterocycles. The highest BCUT2D eigenvalue weighted by atomic mass is 16.3. The minimum absolute atomic E-state index is 0.0726. The summed E-state index contributed by atoms with van der Waals surface area (Å²) in [6, 6.07) is 10.8. The number of likely N-dealkylation sites (tertiary alicyclic amines) is 1. The number of hydrogen-bond acceptors (Lipinski definition) is 3. The van der Waals surface area contributed by atoms with Crippen molar-refractivity contribution in [2.24, 2.45) is 0 Å². The van der Waals surface area contributed by atoms with Gasteiger partial charge in [-0.3, -0.25) is 4.79 Å². The molecule has 1 aromatic heterocycles. The monoisotopic (exact) mass is 324 g/mol. The van der Waals surface area contributed by atoms with Gasteiger partial charge in [-0.15, -0.1) is 0 Å². The van der Waals surface area contributed by atoms with Crippen molar-refractivity contribution >= 4 is 5.91 Å². The number of amides is 1. The molecule has 1 atom stereocenters. The summed E-state index contributed by atoms with van der Waals surface area (Å²) in [5.74, 6) is 1.30. The van der Waals surface area contributed by atoms with Crippen molar-refractivity contribution in [2.75, 3.05) is 6.54 Å². The maximum atomic E-state index is 13.0. The molecule has 1 aromatic carbocycles. The summed E-state index contributed by atoms with van der Waals surface area (Å²) in [5.41, 5.74) is 1.90. The summed E-state index contributed by atoms with van der Waals surface area (Å²) >= 11 is 0. The minimum atomic E-state index is 0.0726. The number of carbonyl (C=O) groups is 1. The molecule has 1 saturated carbocycles. The van der Waals surface area contributed by atoms with E-state index >= 15 is 0 Å². The molecule has 1 saturated heterocycles. The molecule has 1 unspecified atom stereocenters. The van der Waals surface area contributed by atoms with Gasteiger partial charge in [0.2, 0.25) is 0 Å². The highest BCUT2D eigenvalue weighted by Crippen LogP contribution is 2.42. The Labute approximate surface area is 142 Å². The molecule has 2 aromatic rings. The molecule has 0 N–H and O–H groups in total. The van der Waals surface area contributed by atoms with Crippen LogP contribution < -0.4 is 0 Å². The van der Waals surface area contributed by atoms with Crippen LogP contribution in [0.3, 0.4) is 0 Å². The van der Waals surface area contributed by atoms with Crippen molar-refractivity contribution in [3.8, 4) is 0 Å². The third kappa shape index (κ3) is 3.23. The van der Waals surface area contributed by atoms with Crippen LogP contribution in [-0.2, 0) is 6.42 Å². The number of carbonyl (C=O) groups excluding carboxylic acids is 1. The van der Waals surface area contributed by atoms with Crippen molar-refractivity contribution in [1.29, 1.82) is 0 Å². The molecule has 1 aliphatic heterocycles. The van der Waals surface area contributed by atoms with E-state index in [4.69, 9.17) is 4.42 Å². The summed E-state index contributed by atoms with van der Waals surface area (Å²) < 4.78 is 5.51. The first-order chi connectivity index (χ1) is 11.8. The molecule has 2 fully saturated rings. The number of aryl methyl sites for hydroxylation is 1. The number of benzene rings is 1. The molecular weight excluding hydrogens is 300 g/mol. The largest absolute Gasteiger partial charge is 0.447 e. The molecule has 4 rings (SSSR count). The summed E-state index contributed by atoms with van der Waals surface area (Å²) in [7, 11) is 0. The van der Waals surface area contributed by atoms with Gasteiger partial charge in [-0.25, -0.2) is 4.98 Å². The Kier molecular flexibility index (Phi) is 4.37. The number of piperidine rings is 1. The number of aromatic nitrogens is 1. The lowest BCUT2D eigenvalue weighted by Gasteiger charge is -2.35. The van der Waals surface area contributed by atoms with Crippen LogP contribution in [0.5, 0.6) is 0 Å². The van der Waals surface area contributed by atoms with E-state index in [1.165, 1.54) is 18.4 Å². The van der Waals surface area contributed by atoms with Gasteiger partial charge >= 0.3 is 0 Å². The molecule has 0 spiro atoms. The average Bonchev–Trinajstić information content (AvgIpc) is 3.37. The first-order valence-corrected chi connectivity index (χ1v) is 9.11. The number of rotatable bonds is 5. The van der Waals surface area contributed by atoms with Gasteiger partial charge in [0.1, 0.15) is 5.76 Å². The Hall–Kier alpha value is -2.10.